The molecule has 5 rings (SSSR count). The molecule has 188 valence electrons. The van der Waals surface area contributed by atoms with E-state index < -0.39 is 10.0 Å². The second kappa shape index (κ2) is 9.14. The summed E-state index contributed by atoms with van der Waals surface area (Å²) in [5, 5.41) is 9.86. The normalized spacial score (nSPS) is 14.4. The average Bonchev–Trinajstić information content (AvgIpc) is 3.12. The Kier molecular flexibility index (Phi) is 6.13. The van der Waals surface area contributed by atoms with E-state index in [9.17, 15) is 8.42 Å². The molecule has 0 spiro atoms. The minimum Gasteiger partial charge on any atom is -0.368 e. The molecule has 0 aliphatic carbocycles. The molecule has 4 aromatic rings. The summed E-state index contributed by atoms with van der Waals surface area (Å²) in [6.45, 7) is 7.53. The van der Waals surface area contributed by atoms with Crippen LogP contribution < -0.4 is 14.9 Å². The van der Waals surface area contributed by atoms with Gasteiger partial charge in [-0.2, -0.15) is 5.10 Å². The summed E-state index contributed by atoms with van der Waals surface area (Å²) in [4.78, 5) is 15.9. The summed E-state index contributed by atoms with van der Waals surface area (Å²) in [5.41, 5.74) is 4.03. The van der Waals surface area contributed by atoms with Gasteiger partial charge in [-0.15, -0.1) is 0 Å². The molecule has 0 saturated carbocycles. The van der Waals surface area contributed by atoms with Crippen molar-refractivity contribution >= 4 is 38.1 Å². The van der Waals surface area contributed by atoms with E-state index in [1.165, 1.54) is 11.8 Å². The Morgan fingerprint density at radius 3 is 2.53 bits per heavy atom. The van der Waals surface area contributed by atoms with Crippen molar-refractivity contribution < 1.29 is 8.42 Å². The number of anilines is 3. The summed E-state index contributed by atoms with van der Waals surface area (Å²) in [6, 6.07) is 8.05. The Bertz CT molecular complexity index is 1540. The van der Waals surface area contributed by atoms with Crippen LogP contribution in [0.25, 0.3) is 22.2 Å². The number of aryl methyl sites for hydroxylation is 2. The summed E-state index contributed by atoms with van der Waals surface area (Å²) in [7, 11) is -1.34. The van der Waals surface area contributed by atoms with Crippen LogP contribution in [0.1, 0.15) is 31.0 Å². The molecule has 3 aromatic heterocycles. The summed E-state index contributed by atoms with van der Waals surface area (Å²) >= 11 is 0. The Balaban J connectivity index is 1.45. The highest BCUT2D eigenvalue weighted by Crippen LogP contribution is 2.36. The van der Waals surface area contributed by atoms with Crippen molar-refractivity contribution in [2.75, 3.05) is 29.6 Å². The lowest BCUT2D eigenvalue weighted by atomic mass is 9.94. The highest BCUT2D eigenvalue weighted by Gasteiger charge is 2.30. The smallest absolute Gasteiger partial charge is 0.209 e. The van der Waals surface area contributed by atoms with E-state index in [4.69, 9.17) is 0 Å². The molecular weight excluding hydrogens is 476 g/mol. The minimum absolute atomic E-state index is 0.0795. The van der Waals surface area contributed by atoms with Crippen molar-refractivity contribution in [3.63, 3.8) is 0 Å². The lowest BCUT2D eigenvalue weighted by molar-refractivity contribution is 0.472. The predicted octanol–water partition coefficient (Wildman–Crippen LogP) is 3.34. The Morgan fingerprint density at radius 2 is 1.86 bits per heavy atom. The number of rotatable bonds is 7. The molecule has 0 bridgehead atoms. The number of aromatic nitrogens is 5. The molecule has 1 aliphatic rings. The zero-order valence-electron chi connectivity index (χ0n) is 21.0. The maximum atomic E-state index is 11.6. The molecule has 36 heavy (non-hydrogen) atoms. The quantitative estimate of drug-likeness (QED) is 0.392. The lowest BCUT2D eigenvalue weighted by Gasteiger charge is -2.41. The molecule has 1 aliphatic heterocycles. The van der Waals surface area contributed by atoms with Crippen LogP contribution in [0.3, 0.4) is 0 Å². The second-order valence-corrected chi connectivity index (χ2v) is 11.4. The molecule has 0 atom stereocenters. The fourth-order valence-electron chi connectivity index (χ4n) is 4.66. The molecule has 1 saturated heterocycles. The summed E-state index contributed by atoms with van der Waals surface area (Å²) < 4.78 is 27.5. The van der Waals surface area contributed by atoms with Crippen molar-refractivity contribution in [3.05, 3.63) is 54.1 Å². The molecular formula is C25H30N8O2S. The first-order valence-electron chi connectivity index (χ1n) is 11.8. The number of pyridine rings is 1. The van der Waals surface area contributed by atoms with Gasteiger partial charge in [-0.05, 0) is 42.0 Å². The maximum absolute atomic E-state index is 11.6. The van der Waals surface area contributed by atoms with Gasteiger partial charge in [0.15, 0.2) is 5.82 Å². The van der Waals surface area contributed by atoms with Gasteiger partial charge in [0.2, 0.25) is 10.0 Å². The van der Waals surface area contributed by atoms with Gasteiger partial charge in [0.25, 0.3) is 0 Å². The third-order valence-electron chi connectivity index (χ3n) is 6.30. The number of hydrogen-bond acceptors (Lipinski definition) is 8. The third kappa shape index (κ3) is 4.89. The Hall–Kier alpha value is -3.57. The summed E-state index contributed by atoms with van der Waals surface area (Å²) in [5.74, 6) is 2.27. The van der Waals surface area contributed by atoms with E-state index >= 15 is 0 Å². The first-order chi connectivity index (χ1) is 17.1. The first-order valence-corrected chi connectivity index (χ1v) is 13.7. The van der Waals surface area contributed by atoms with Crippen molar-refractivity contribution in [2.45, 2.75) is 32.7 Å². The monoisotopic (exact) mass is 506 g/mol. The van der Waals surface area contributed by atoms with Gasteiger partial charge < -0.3 is 10.2 Å². The van der Waals surface area contributed by atoms with Crippen molar-refractivity contribution in [1.29, 1.82) is 0 Å². The topological polar surface area (TPSA) is 118 Å². The van der Waals surface area contributed by atoms with E-state index in [0.717, 1.165) is 27.7 Å². The zero-order valence-corrected chi connectivity index (χ0v) is 21.8. The Labute approximate surface area is 210 Å². The standard InChI is InChI=1S/C25H30N8O2S/c1-15(2)18-6-7-22(33-12-17(13-33)31-36(5,34)35)20-11-27-24(10-19(18)20)28-23-8-9-26-25(29-23)21-14-32(4)30-16(21)3/h6-11,14-15,17,31H,12-13H2,1-5H3,(H,26,27,28,29). The van der Waals surface area contributed by atoms with E-state index in [1.807, 2.05) is 32.4 Å². The largest absolute Gasteiger partial charge is 0.368 e. The van der Waals surface area contributed by atoms with E-state index in [2.05, 4.69) is 67.0 Å². The van der Waals surface area contributed by atoms with Gasteiger partial charge >= 0.3 is 0 Å². The number of benzene rings is 1. The van der Waals surface area contributed by atoms with Crippen LogP contribution >= 0.6 is 0 Å². The van der Waals surface area contributed by atoms with Crippen LogP contribution in [-0.4, -0.2) is 58.5 Å². The molecule has 1 fully saturated rings. The number of nitrogens with one attached hydrogen (secondary N) is 2. The van der Waals surface area contributed by atoms with Gasteiger partial charge in [0.05, 0.1) is 23.6 Å². The molecule has 0 unspecified atom stereocenters. The van der Waals surface area contributed by atoms with Crippen LogP contribution in [-0.2, 0) is 17.1 Å². The summed E-state index contributed by atoms with van der Waals surface area (Å²) in [6.07, 6.45) is 6.70. The number of nitrogens with zero attached hydrogens (tertiary/aromatic N) is 6. The minimum atomic E-state index is -3.22. The average molecular weight is 507 g/mol. The van der Waals surface area contributed by atoms with E-state index in [-0.39, 0.29) is 6.04 Å². The van der Waals surface area contributed by atoms with Crippen LogP contribution in [0.5, 0.6) is 0 Å². The molecule has 0 radical (unpaired) electrons. The van der Waals surface area contributed by atoms with Gasteiger partial charge in [-0.1, -0.05) is 19.9 Å². The van der Waals surface area contributed by atoms with Crippen LogP contribution in [0.15, 0.2) is 42.9 Å². The third-order valence-corrected chi connectivity index (χ3v) is 7.06. The maximum Gasteiger partial charge on any atom is 0.209 e. The van der Waals surface area contributed by atoms with Crippen LogP contribution in [0.2, 0.25) is 0 Å². The number of fused-ring (bicyclic) bond motifs is 1. The van der Waals surface area contributed by atoms with Crippen molar-refractivity contribution in [1.82, 2.24) is 29.5 Å². The van der Waals surface area contributed by atoms with Gasteiger partial charge in [-0.3, -0.25) is 4.68 Å². The molecule has 10 nitrogen and oxygen atoms in total. The Morgan fingerprint density at radius 1 is 1.08 bits per heavy atom. The SMILES string of the molecule is Cc1nn(C)cc1-c1nccc(Nc2cc3c(C(C)C)ccc(N4CC(NS(C)(=O)=O)C4)c3cn2)n1. The molecule has 0 amide bonds. The zero-order chi connectivity index (χ0) is 25.6. The van der Waals surface area contributed by atoms with Crippen LogP contribution in [0, 0.1) is 6.92 Å². The predicted molar refractivity (Wildman–Crippen MR) is 142 cm³/mol. The molecule has 11 heteroatoms. The molecule has 2 N–H and O–H groups in total. The first kappa shape index (κ1) is 24.1. The number of sulfonamides is 1. The van der Waals surface area contributed by atoms with Crippen molar-refractivity contribution in [3.8, 4) is 11.4 Å². The van der Waals surface area contributed by atoms with Crippen molar-refractivity contribution in [2.24, 2.45) is 7.05 Å². The highest BCUT2D eigenvalue weighted by atomic mass is 32.2. The van der Waals surface area contributed by atoms with Crippen LogP contribution in [0.4, 0.5) is 17.3 Å². The fourth-order valence-corrected chi connectivity index (χ4v) is 5.41. The fraction of sp³-hybridized carbons (Fsp3) is 0.360. The molecule has 1 aromatic carbocycles. The number of hydrogen-bond donors (Lipinski definition) is 2. The van der Waals surface area contributed by atoms with E-state index in [1.54, 1.807) is 10.9 Å². The molecule has 4 heterocycles. The van der Waals surface area contributed by atoms with Gasteiger partial charge in [-0.25, -0.2) is 28.1 Å². The van der Waals surface area contributed by atoms with Gasteiger partial charge in [0, 0.05) is 49.8 Å². The second-order valence-electron chi connectivity index (χ2n) is 9.63. The van der Waals surface area contributed by atoms with E-state index in [0.29, 0.717) is 36.5 Å². The lowest BCUT2D eigenvalue weighted by Crippen LogP contribution is -2.59. The highest BCUT2D eigenvalue weighted by molar-refractivity contribution is 7.88. The van der Waals surface area contributed by atoms with Gasteiger partial charge in [0.1, 0.15) is 11.6 Å².